The van der Waals surface area contributed by atoms with Gasteiger partial charge in [0.15, 0.2) is 0 Å². The zero-order valence-electron chi connectivity index (χ0n) is 13.8. The van der Waals surface area contributed by atoms with Crippen LogP contribution in [0.5, 0.6) is 0 Å². The van der Waals surface area contributed by atoms with E-state index in [4.69, 9.17) is 16.1 Å². The molecule has 6 nitrogen and oxygen atoms in total. The zero-order valence-corrected chi connectivity index (χ0v) is 16.1. The molecular formula is C15H11ClF3N3O3S2. The third-order valence-electron chi connectivity index (χ3n) is 3.55. The second kappa shape index (κ2) is 6.80. The van der Waals surface area contributed by atoms with E-state index in [-0.39, 0.29) is 10.7 Å². The van der Waals surface area contributed by atoms with E-state index < -0.39 is 15.5 Å². The molecule has 0 aliphatic rings. The van der Waals surface area contributed by atoms with Crippen LogP contribution in [0.1, 0.15) is 11.5 Å². The number of aryl methyl sites for hydroxylation is 2. The molecule has 1 N–H and O–H groups in total. The van der Waals surface area contributed by atoms with Crippen LogP contribution in [0.4, 0.5) is 18.9 Å². The number of halogens is 4. The monoisotopic (exact) mass is 437 g/mol. The summed E-state index contributed by atoms with van der Waals surface area (Å²) in [6.07, 6.45) is 0. The van der Waals surface area contributed by atoms with Gasteiger partial charge in [-0.25, -0.2) is 4.98 Å². The maximum atomic E-state index is 12.5. The molecule has 0 unspecified atom stereocenters. The van der Waals surface area contributed by atoms with Gasteiger partial charge < -0.3 is 4.52 Å². The van der Waals surface area contributed by atoms with Crippen molar-refractivity contribution in [3.63, 3.8) is 0 Å². The van der Waals surface area contributed by atoms with E-state index >= 15 is 0 Å². The number of thiazole rings is 1. The molecule has 0 atom stereocenters. The summed E-state index contributed by atoms with van der Waals surface area (Å²) >= 11 is 7.45. The van der Waals surface area contributed by atoms with Gasteiger partial charge in [0, 0.05) is 10.9 Å². The molecule has 0 bridgehead atoms. The van der Waals surface area contributed by atoms with E-state index in [0.717, 1.165) is 11.6 Å². The van der Waals surface area contributed by atoms with Gasteiger partial charge in [-0.05, 0) is 32.0 Å². The lowest BCUT2D eigenvalue weighted by atomic mass is 10.1. The number of nitrogens with zero attached hydrogens (tertiary/aromatic N) is 2. The van der Waals surface area contributed by atoms with Gasteiger partial charge in [-0.3, -0.25) is 4.72 Å². The summed E-state index contributed by atoms with van der Waals surface area (Å²) in [6.45, 7) is 3.53. The Morgan fingerprint density at radius 3 is 2.52 bits per heavy atom. The number of hydrogen-bond acceptors (Lipinski definition) is 6. The maximum absolute atomic E-state index is 12.5. The topological polar surface area (TPSA) is 85.1 Å². The molecule has 0 amide bonds. The highest BCUT2D eigenvalue weighted by Crippen LogP contribution is 2.36. The molecule has 2 heterocycles. The summed E-state index contributed by atoms with van der Waals surface area (Å²) in [7, 11) is -5.52. The molecule has 3 aromatic rings. The minimum absolute atomic E-state index is 0.0491. The second-order valence-electron chi connectivity index (χ2n) is 5.48. The van der Waals surface area contributed by atoms with Crippen molar-refractivity contribution in [2.45, 2.75) is 19.4 Å². The SMILES string of the molecule is Cc1noc(C)c1-c1nc(-c2ccc(NS(=O)(=O)C(F)(F)F)cc2Cl)cs1. The number of rotatable bonds is 4. The highest BCUT2D eigenvalue weighted by Gasteiger charge is 2.46. The van der Waals surface area contributed by atoms with Crippen molar-refractivity contribution in [3.05, 3.63) is 40.1 Å². The summed E-state index contributed by atoms with van der Waals surface area (Å²) < 4.78 is 66.3. The Morgan fingerprint density at radius 1 is 1.26 bits per heavy atom. The first-order valence-corrected chi connectivity index (χ1v) is 10.0. The Morgan fingerprint density at radius 2 is 1.96 bits per heavy atom. The molecule has 27 heavy (non-hydrogen) atoms. The summed E-state index contributed by atoms with van der Waals surface area (Å²) in [5.74, 6) is 0.608. The van der Waals surface area contributed by atoms with Gasteiger partial charge in [0.2, 0.25) is 0 Å². The largest absolute Gasteiger partial charge is 0.516 e. The molecule has 1 aromatic carbocycles. The van der Waals surface area contributed by atoms with E-state index in [1.54, 1.807) is 19.2 Å². The summed E-state index contributed by atoms with van der Waals surface area (Å²) in [4.78, 5) is 4.46. The quantitative estimate of drug-likeness (QED) is 0.621. The first-order valence-electron chi connectivity index (χ1n) is 7.27. The molecule has 12 heteroatoms. The number of aromatic nitrogens is 2. The van der Waals surface area contributed by atoms with Crippen molar-refractivity contribution in [2.75, 3.05) is 4.72 Å². The van der Waals surface area contributed by atoms with E-state index in [0.29, 0.717) is 27.7 Å². The van der Waals surface area contributed by atoms with Crippen LogP contribution in [-0.4, -0.2) is 24.1 Å². The van der Waals surface area contributed by atoms with Crippen molar-refractivity contribution in [1.29, 1.82) is 0 Å². The van der Waals surface area contributed by atoms with Crippen LogP contribution in [0, 0.1) is 13.8 Å². The average molecular weight is 438 g/mol. The molecule has 0 spiro atoms. The van der Waals surface area contributed by atoms with Gasteiger partial charge in [0.1, 0.15) is 10.8 Å². The van der Waals surface area contributed by atoms with Crippen molar-refractivity contribution >= 4 is 38.6 Å². The predicted octanol–water partition coefficient (Wildman–Crippen LogP) is 5.00. The van der Waals surface area contributed by atoms with Crippen molar-refractivity contribution < 1.29 is 26.1 Å². The first-order chi connectivity index (χ1) is 12.5. The molecule has 144 valence electrons. The van der Waals surface area contributed by atoms with Crippen molar-refractivity contribution in [1.82, 2.24) is 10.1 Å². The van der Waals surface area contributed by atoms with Gasteiger partial charge in [-0.1, -0.05) is 16.8 Å². The van der Waals surface area contributed by atoms with Crippen LogP contribution in [0.15, 0.2) is 28.1 Å². The number of sulfonamides is 1. The minimum Gasteiger partial charge on any atom is -0.361 e. The van der Waals surface area contributed by atoms with Crippen LogP contribution in [0.25, 0.3) is 21.8 Å². The molecule has 0 radical (unpaired) electrons. The molecule has 2 aromatic heterocycles. The first kappa shape index (κ1) is 19.6. The number of nitrogens with one attached hydrogen (secondary N) is 1. The molecule has 0 aliphatic carbocycles. The van der Waals surface area contributed by atoms with Gasteiger partial charge >= 0.3 is 15.5 Å². The van der Waals surface area contributed by atoms with Gasteiger partial charge in [0.05, 0.1) is 27.7 Å². The number of alkyl halides is 3. The third-order valence-corrected chi connectivity index (χ3v) is 5.84. The molecule has 0 saturated heterocycles. The Bertz CT molecular complexity index is 1090. The minimum atomic E-state index is -5.52. The lowest BCUT2D eigenvalue weighted by molar-refractivity contribution is -0.0429. The fourth-order valence-corrected chi connectivity index (χ4v) is 4.09. The fraction of sp³-hybridized carbons (Fsp3) is 0.200. The van der Waals surface area contributed by atoms with Crippen LogP contribution >= 0.6 is 22.9 Å². The van der Waals surface area contributed by atoms with Gasteiger partial charge in [-0.15, -0.1) is 11.3 Å². The van der Waals surface area contributed by atoms with Crippen molar-refractivity contribution in [3.8, 4) is 21.8 Å². The third kappa shape index (κ3) is 3.80. The van der Waals surface area contributed by atoms with E-state index in [1.807, 2.05) is 0 Å². The smallest absolute Gasteiger partial charge is 0.361 e. The Hall–Kier alpha value is -2.11. The summed E-state index contributed by atoms with van der Waals surface area (Å²) in [5, 5.41) is 6.29. The van der Waals surface area contributed by atoms with Gasteiger partial charge in [0.25, 0.3) is 0 Å². The highest BCUT2D eigenvalue weighted by molar-refractivity contribution is 7.93. The Balaban J connectivity index is 1.92. The summed E-state index contributed by atoms with van der Waals surface area (Å²) in [6, 6.07) is 3.66. The normalized spacial score (nSPS) is 12.4. The lowest BCUT2D eigenvalue weighted by Gasteiger charge is -2.11. The number of anilines is 1. The molecule has 0 fully saturated rings. The number of benzene rings is 1. The van der Waals surface area contributed by atoms with E-state index in [2.05, 4.69) is 10.1 Å². The lowest BCUT2D eigenvalue weighted by Crippen LogP contribution is -2.29. The van der Waals surface area contributed by atoms with Crippen LogP contribution < -0.4 is 4.72 Å². The number of hydrogen-bond donors (Lipinski definition) is 1. The predicted molar refractivity (Wildman–Crippen MR) is 96.1 cm³/mol. The summed E-state index contributed by atoms with van der Waals surface area (Å²) in [5.41, 5.74) is -3.35. The Labute approximate surface area is 161 Å². The maximum Gasteiger partial charge on any atom is 0.516 e. The van der Waals surface area contributed by atoms with Crippen molar-refractivity contribution in [2.24, 2.45) is 0 Å². The highest BCUT2D eigenvalue weighted by atomic mass is 35.5. The Kier molecular flexibility index (Phi) is 4.95. The van der Waals surface area contributed by atoms with Crippen LogP contribution in [0.2, 0.25) is 5.02 Å². The molecular weight excluding hydrogens is 427 g/mol. The fourth-order valence-electron chi connectivity index (χ4n) is 2.30. The average Bonchev–Trinajstić information content (AvgIpc) is 3.13. The standard InChI is InChI=1S/C15H11ClF3N3O3S2/c1-7-13(8(2)25-21-7)14-20-12(6-26-14)10-4-3-9(5-11(10)16)22-27(23,24)15(17,18)19/h3-6,22H,1-2H3. The van der Waals surface area contributed by atoms with Crippen LogP contribution in [-0.2, 0) is 10.0 Å². The van der Waals surface area contributed by atoms with E-state index in [1.165, 1.54) is 28.2 Å². The van der Waals surface area contributed by atoms with Gasteiger partial charge in [-0.2, -0.15) is 21.6 Å². The second-order valence-corrected chi connectivity index (χ2v) is 8.42. The molecule has 0 saturated carbocycles. The van der Waals surface area contributed by atoms with Crippen LogP contribution in [0.3, 0.4) is 0 Å². The zero-order chi connectivity index (χ0) is 20.0. The molecule has 0 aliphatic heterocycles. The van der Waals surface area contributed by atoms with E-state index in [9.17, 15) is 21.6 Å². The molecule has 3 rings (SSSR count).